The number of nitrogens with one attached hydrogen (secondary N) is 1. The Hall–Kier alpha value is -1.51. The van der Waals surface area contributed by atoms with Crippen LogP contribution in [0.3, 0.4) is 0 Å². The van der Waals surface area contributed by atoms with Crippen LogP contribution in [-0.4, -0.2) is 42.0 Å². The maximum atomic E-state index is 12.7. The van der Waals surface area contributed by atoms with E-state index >= 15 is 0 Å². The molecule has 1 aromatic carbocycles. The molecule has 0 saturated carbocycles. The lowest BCUT2D eigenvalue weighted by Gasteiger charge is -2.33. The predicted octanol–water partition coefficient (Wildman–Crippen LogP) is 3.14. The van der Waals surface area contributed by atoms with E-state index in [4.69, 9.17) is 0 Å². The predicted molar refractivity (Wildman–Crippen MR) is 101 cm³/mol. The molecule has 1 aliphatic heterocycles. The Morgan fingerprint density at radius 1 is 1.40 bits per heavy atom. The number of hydrogen-bond acceptors (Lipinski definition) is 5. The van der Waals surface area contributed by atoms with Crippen molar-refractivity contribution in [3.8, 4) is 0 Å². The molecule has 0 spiro atoms. The third kappa shape index (κ3) is 4.02. The molecule has 8 heteroatoms. The molecule has 0 radical (unpaired) electrons. The summed E-state index contributed by atoms with van der Waals surface area (Å²) in [6.45, 7) is 4.26. The topological polar surface area (TPSA) is 79.4 Å². The van der Waals surface area contributed by atoms with Gasteiger partial charge >= 0.3 is 0 Å². The summed E-state index contributed by atoms with van der Waals surface area (Å²) < 4.78 is 27.3. The summed E-state index contributed by atoms with van der Waals surface area (Å²) in [6, 6.07) is 5.30. The fraction of sp³-hybridized carbons (Fsp3) is 0.529. The first-order valence-corrected chi connectivity index (χ1v) is 11.0. The number of nitrogens with zero attached hydrogens (tertiary/aromatic N) is 2. The summed E-state index contributed by atoms with van der Waals surface area (Å²) in [6.07, 6.45) is 2.76. The number of sulfonamides is 1. The van der Waals surface area contributed by atoms with Crippen molar-refractivity contribution in [3.05, 3.63) is 23.8 Å². The van der Waals surface area contributed by atoms with Crippen molar-refractivity contribution in [1.29, 1.82) is 0 Å². The second kappa shape index (κ2) is 7.39. The van der Waals surface area contributed by atoms with Gasteiger partial charge in [-0.3, -0.25) is 4.79 Å². The van der Waals surface area contributed by atoms with Gasteiger partial charge < -0.3 is 5.32 Å². The van der Waals surface area contributed by atoms with Gasteiger partial charge in [-0.1, -0.05) is 30.7 Å². The Morgan fingerprint density at radius 3 is 2.96 bits per heavy atom. The molecule has 2 aromatic rings. The molecule has 1 amide bonds. The van der Waals surface area contributed by atoms with Crippen molar-refractivity contribution >= 4 is 42.6 Å². The third-order valence-electron chi connectivity index (χ3n) is 4.35. The molecule has 2 heterocycles. The van der Waals surface area contributed by atoms with Gasteiger partial charge in [0.15, 0.2) is 5.13 Å². The van der Waals surface area contributed by atoms with Crippen molar-refractivity contribution in [2.45, 2.75) is 45.6 Å². The fourth-order valence-corrected chi connectivity index (χ4v) is 5.86. The Kier molecular flexibility index (Phi) is 5.41. The highest BCUT2D eigenvalue weighted by atomic mass is 32.2. The van der Waals surface area contributed by atoms with Crippen LogP contribution >= 0.6 is 11.3 Å². The molecular formula is C17H23N3O3S2. The first kappa shape index (κ1) is 18.3. The number of amides is 1. The lowest BCUT2D eigenvalue weighted by molar-refractivity contribution is -0.120. The van der Waals surface area contributed by atoms with Crippen LogP contribution in [-0.2, 0) is 14.8 Å². The number of rotatable bonds is 5. The molecule has 0 bridgehead atoms. The summed E-state index contributed by atoms with van der Waals surface area (Å²) >= 11 is 1.41. The van der Waals surface area contributed by atoms with Crippen molar-refractivity contribution in [2.24, 2.45) is 0 Å². The molecule has 25 heavy (non-hydrogen) atoms. The number of aromatic nitrogens is 1. The highest BCUT2D eigenvalue weighted by molar-refractivity contribution is 7.89. The van der Waals surface area contributed by atoms with Gasteiger partial charge in [-0.25, -0.2) is 13.4 Å². The van der Waals surface area contributed by atoms with Crippen LogP contribution < -0.4 is 5.32 Å². The second-order valence-corrected chi connectivity index (χ2v) is 9.49. The van der Waals surface area contributed by atoms with E-state index in [9.17, 15) is 13.2 Å². The van der Waals surface area contributed by atoms with Gasteiger partial charge in [-0.05, 0) is 43.9 Å². The Morgan fingerprint density at radius 2 is 2.20 bits per heavy atom. The third-order valence-corrected chi connectivity index (χ3v) is 7.36. The van der Waals surface area contributed by atoms with Crippen LogP contribution in [0.2, 0.25) is 0 Å². The Bertz CT molecular complexity index is 876. The largest absolute Gasteiger partial charge is 0.301 e. The number of thiazole rings is 1. The van der Waals surface area contributed by atoms with Crippen LogP contribution in [0.1, 0.15) is 38.2 Å². The Balaban J connectivity index is 1.79. The van der Waals surface area contributed by atoms with Crippen molar-refractivity contribution in [2.75, 3.05) is 17.6 Å². The molecule has 6 nitrogen and oxygen atoms in total. The minimum absolute atomic E-state index is 0.0806. The van der Waals surface area contributed by atoms with E-state index in [1.807, 2.05) is 32.0 Å². The molecule has 1 saturated heterocycles. The number of carbonyl (C=O) groups is 1. The number of fused-ring (bicyclic) bond motifs is 1. The second-order valence-electron chi connectivity index (χ2n) is 6.42. The first-order chi connectivity index (χ1) is 11.9. The highest BCUT2D eigenvalue weighted by Gasteiger charge is 2.36. The van der Waals surface area contributed by atoms with Gasteiger partial charge in [0.25, 0.3) is 0 Å². The number of benzene rings is 1. The quantitative estimate of drug-likeness (QED) is 0.863. The monoisotopic (exact) mass is 381 g/mol. The van der Waals surface area contributed by atoms with Crippen LogP contribution in [0.15, 0.2) is 18.2 Å². The number of piperidine rings is 1. The molecule has 0 aliphatic carbocycles. The number of hydrogen-bond donors (Lipinski definition) is 1. The van der Waals surface area contributed by atoms with E-state index in [1.54, 1.807) is 0 Å². The van der Waals surface area contributed by atoms with Gasteiger partial charge in [-0.15, -0.1) is 0 Å². The normalized spacial score (nSPS) is 19.2. The lowest BCUT2D eigenvalue weighted by Crippen LogP contribution is -2.50. The van der Waals surface area contributed by atoms with Crippen LogP contribution in [0.5, 0.6) is 0 Å². The number of anilines is 1. The fourth-order valence-electron chi connectivity index (χ4n) is 3.15. The SMILES string of the molecule is CCCS(=O)(=O)N1CCCCC1C(=O)Nc1nc2ccc(C)cc2s1. The van der Waals surface area contributed by atoms with Crippen LogP contribution in [0.4, 0.5) is 5.13 Å². The molecule has 1 aliphatic rings. The van der Waals surface area contributed by atoms with Crippen molar-refractivity contribution < 1.29 is 13.2 Å². The molecule has 3 rings (SSSR count). The first-order valence-electron chi connectivity index (χ1n) is 8.58. The van der Waals surface area contributed by atoms with Crippen molar-refractivity contribution in [1.82, 2.24) is 9.29 Å². The van der Waals surface area contributed by atoms with Gasteiger partial charge in [-0.2, -0.15) is 4.31 Å². The van der Waals surface area contributed by atoms with Gasteiger partial charge in [0.1, 0.15) is 6.04 Å². The molecular weight excluding hydrogens is 358 g/mol. The summed E-state index contributed by atoms with van der Waals surface area (Å²) in [4.78, 5) is 17.2. The summed E-state index contributed by atoms with van der Waals surface area (Å²) in [5.74, 6) is -0.202. The smallest absolute Gasteiger partial charge is 0.244 e. The summed E-state index contributed by atoms with van der Waals surface area (Å²) in [5.41, 5.74) is 1.98. The lowest BCUT2D eigenvalue weighted by atomic mass is 10.0. The van der Waals surface area contributed by atoms with Gasteiger partial charge in [0.2, 0.25) is 15.9 Å². The average molecular weight is 382 g/mol. The number of aryl methyl sites for hydroxylation is 1. The molecule has 136 valence electrons. The van der Waals surface area contributed by atoms with E-state index in [2.05, 4.69) is 10.3 Å². The maximum absolute atomic E-state index is 12.7. The summed E-state index contributed by atoms with van der Waals surface area (Å²) in [5, 5.41) is 3.34. The molecule has 1 unspecified atom stereocenters. The Labute approximate surface area is 152 Å². The highest BCUT2D eigenvalue weighted by Crippen LogP contribution is 2.28. The zero-order chi connectivity index (χ0) is 18.0. The minimum atomic E-state index is -3.39. The molecule has 1 fully saturated rings. The summed E-state index contributed by atoms with van der Waals surface area (Å²) in [7, 11) is -3.39. The van der Waals surface area contributed by atoms with E-state index in [0.29, 0.717) is 24.5 Å². The van der Waals surface area contributed by atoms with E-state index < -0.39 is 16.1 Å². The van der Waals surface area contributed by atoms with E-state index in [1.165, 1.54) is 15.6 Å². The molecule has 1 aromatic heterocycles. The standard InChI is InChI=1S/C17H23N3O3S2/c1-3-10-25(22,23)20-9-5-4-6-14(20)16(21)19-17-18-13-8-7-12(2)11-15(13)24-17/h7-8,11,14H,3-6,9-10H2,1-2H3,(H,18,19,21). The zero-order valence-electron chi connectivity index (χ0n) is 14.5. The molecule has 1 N–H and O–H groups in total. The molecule has 1 atom stereocenters. The zero-order valence-corrected chi connectivity index (χ0v) is 16.1. The number of carbonyl (C=O) groups excluding carboxylic acids is 1. The van der Waals surface area contributed by atoms with E-state index in [0.717, 1.165) is 28.6 Å². The minimum Gasteiger partial charge on any atom is -0.301 e. The van der Waals surface area contributed by atoms with Gasteiger partial charge in [0.05, 0.1) is 16.0 Å². The van der Waals surface area contributed by atoms with Crippen LogP contribution in [0.25, 0.3) is 10.2 Å². The maximum Gasteiger partial charge on any atom is 0.244 e. The van der Waals surface area contributed by atoms with Crippen LogP contribution in [0, 0.1) is 6.92 Å². The van der Waals surface area contributed by atoms with E-state index in [-0.39, 0.29) is 11.7 Å². The van der Waals surface area contributed by atoms with Gasteiger partial charge in [0, 0.05) is 6.54 Å². The average Bonchev–Trinajstić information content (AvgIpc) is 2.96. The van der Waals surface area contributed by atoms with Crippen molar-refractivity contribution in [3.63, 3.8) is 0 Å².